The molecule has 0 aliphatic heterocycles. The van der Waals surface area contributed by atoms with Crippen molar-refractivity contribution in [2.75, 3.05) is 0 Å². The molecule has 0 unspecified atom stereocenters. The van der Waals surface area contributed by atoms with Gasteiger partial charge in [-0.3, -0.25) is 0 Å². The zero-order valence-corrected chi connectivity index (χ0v) is 20.5. The fraction of sp³-hybridized carbons (Fsp3) is 0.394. The number of hydrogen-bond donors (Lipinski definition) is 0. The average Bonchev–Trinajstić information content (AvgIpc) is 3.09. The minimum Gasteiger partial charge on any atom is -0.0874 e. The summed E-state index contributed by atoms with van der Waals surface area (Å²) >= 11 is 0. The molecule has 2 aromatic rings. The Labute approximate surface area is 200 Å². The SMILES string of the molecule is C/C=C/C1=CC=C(/C=C/C)C1(CCCc1ccc2c(c1)CC2)CCCc1ccc2c(c1)CC2. The maximum atomic E-state index is 2.47. The fourth-order valence-electron chi connectivity index (χ4n) is 6.15. The summed E-state index contributed by atoms with van der Waals surface area (Å²) in [7, 11) is 0. The van der Waals surface area contributed by atoms with E-state index in [4.69, 9.17) is 0 Å². The predicted molar refractivity (Wildman–Crippen MR) is 142 cm³/mol. The Balaban J connectivity index is 1.31. The number of fused-ring (bicyclic) bond motifs is 2. The quantitative estimate of drug-likeness (QED) is 0.353. The van der Waals surface area contributed by atoms with Crippen molar-refractivity contribution in [3.05, 3.63) is 117 Å². The van der Waals surface area contributed by atoms with Gasteiger partial charge in [0.1, 0.15) is 0 Å². The number of benzene rings is 2. The third-order valence-corrected chi connectivity index (χ3v) is 8.25. The highest BCUT2D eigenvalue weighted by Crippen LogP contribution is 2.49. The second kappa shape index (κ2) is 9.72. The molecule has 0 heterocycles. The number of hydrogen-bond acceptors (Lipinski definition) is 0. The van der Waals surface area contributed by atoms with Crippen molar-refractivity contribution in [3.8, 4) is 0 Å². The van der Waals surface area contributed by atoms with E-state index >= 15 is 0 Å². The van der Waals surface area contributed by atoms with Crippen LogP contribution in [0.3, 0.4) is 0 Å². The zero-order valence-electron chi connectivity index (χ0n) is 20.5. The molecule has 0 atom stereocenters. The Bertz CT molecular complexity index is 1040. The largest absolute Gasteiger partial charge is 0.0874 e. The van der Waals surface area contributed by atoms with Gasteiger partial charge >= 0.3 is 0 Å². The van der Waals surface area contributed by atoms with Crippen LogP contribution in [-0.2, 0) is 38.5 Å². The van der Waals surface area contributed by atoms with E-state index in [2.05, 4.69) is 86.7 Å². The minimum absolute atomic E-state index is 0.151. The Morgan fingerprint density at radius 1 is 0.636 bits per heavy atom. The van der Waals surface area contributed by atoms with E-state index in [0.717, 1.165) is 0 Å². The highest BCUT2D eigenvalue weighted by molar-refractivity contribution is 5.50. The standard InChI is InChI=1S/C33H38/c1-3-7-31-19-20-32(8-4-2)33(31,21-5-9-25-11-13-27-15-17-29(27)23-25)22-6-10-26-12-14-28-16-18-30(28)24-26/h3-4,7-8,11-14,19-20,23-24H,5-6,9-10,15-18,21-22H2,1-2H3/b7-3+,8-4+. The third-order valence-electron chi connectivity index (χ3n) is 8.25. The predicted octanol–water partition coefficient (Wildman–Crippen LogP) is 8.23. The van der Waals surface area contributed by atoms with Gasteiger partial charge in [0.25, 0.3) is 0 Å². The first-order chi connectivity index (χ1) is 16.2. The molecule has 0 fully saturated rings. The second-order valence-corrected chi connectivity index (χ2v) is 10.2. The Hall–Kier alpha value is -2.60. The third kappa shape index (κ3) is 4.45. The van der Waals surface area contributed by atoms with E-state index in [9.17, 15) is 0 Å². The van der Waals surface area contributed by atoms with Crippen LogP contribution in [0, 0.1) is 5.41 Å². The van der Waals surface area contributed by atoms with Gasteiger partial charge in [0, 0.05) is 5.41 Å². The van der Waals surface area contributed by atoms with Gasteiger partial charge in [-0.2, -0.15) is 0 Å². The van der Waals surface area contributed by atoms with Gasteiger partial charge in [0.05, 0.1) is 0 Å². The number of rotatable bonds is 10. The molecule has 0 saturated carbocycles. The first kappa shape index (κ1) is 22.2. The molecular weight excluding hydrogens is 396 g/mol. The van der Waals surface area contributed by atoms with Crippen molar-refractivity contribution in [1.29, 1.82) is 0 Å². The zero-order chi connectivity index (χ0) is 22.7. The van der Waals surface area contributed by atoms with Crippen LogP contribution in [0.2, 0.25) is 0 Å². The second-order valence-electron chi connectivity index (χ2n) is 10.2. The van der Waals surface area contributed by atoms with Gasteiger partial charge in [0.2, 0.25) is 0 Å². The lowest BCUT2D eigenvalue weighted by Gasteiger charge is -2.35. The lowest BCUT2D eigenvalue weighted by molar-refractivity contribution is 0.363. The highest BCUT2D eigenvalue weighted by atomic mass is 14.4. The van der Waals surface area contributed by atoms with Crippen LogP contribution in [-0.4, -0.2) is 0 Å². The van der Waals surface area contributed by atoms with Crippen LogP contribution >= 0.6 is 0 Å². The molecule has 0 amide bonds. The van der Waals surface area contributed by atoms with Crippen molar-refractivity contribution in [3.63, 3.8) is 0 Å². The molecule has 5 rings (SSSR count). The number of aryl methyl sites for hydroxylation is 6. The van der Waals surface area contributed by atoms with E-state index < -0.39 is 0 Å². The van der Waals surface area contributed by atoms with Gasteiger partial charge < -0.3 is 0 Å². The lowest BCUT2D eigenvalue weighted by atomic mass is 9.69. The van der Waals surface area contributed by atoms with Gasteiger partial charge in [-0.15, -0.1) is 0 Å². The maximum absolute atomic E-state index is 2.47. The van der Waals surface area contributed by atoms with Crippen LogP contribution in [0.15, 0.2) is 84.0 Å². The number of allylic oxidation sites excluding steroid dienone is 8. The first-order valence-corrected chi connectivity index (χ1v) is 13.1. The monoisotopic (exact) mass is 434 g/mol. The summed E-state index contributed by atoms with van der Waals surface area (Å²) in [5.74, 6) is 0. The van der Waals surface area contributed by atoms with Crippen LogP contribution in [0.4, 0.5) is 0 Å². The van der Waals surface area contributed by atoms with Crippen LogP contribution in [0.5, 0.6) is 0 Å². The van der Waals surface area contributed by atoms with Crippen molar-refractivity contribution in [2.45, 2.75) is 78.1 Å². The van der Waals surface area contributed by atoms with E-state index in [1.165, 1.54) is 86.5 Å². The van der Waals surface area contributed by atoms with Crippen molar-refractivity contribution >= 4 is 0 Å². The molecule has 3 aliphatic rings. The van der Waals surface area contributed by atoms with Gasteiger partial charge in [-0.1, -0.05) is 72.9 Å². The Morgan fingerprint density at radius 2 is 1.09 bits per heavy atom. The van der Waals surface area contributed by atoms with E-state index in [0.29, 0.717) is 0 Å². The average molecular weight is 435 g/mol. The molecular formula is C33H38. The summed E-state index contributed by atoms with van der Waals surface area (Å²) in [6.45, 7) is 4.31. The normalized spacial score (nSPS) is 18.0. The highest BCUT2D eigenvalue weighted by Gasteiger charge is 2.37. The summed E-state index contributed by atoms with van der Waals surface area (Å²) in [6.07, 6.45) is 26.3. The Morgan fingerprint density at radius 3 is 1.45 bits per heavy atom. The summed E-state index contributed by atoms with van der Waals surface area (Å²) in [6, 6.07) is 14.4. The molecule has 3 aliphatic carbocycles. The van der Waals surface area contributed by atoms with Crippen molar-refractivity contribution in [2.24, 2.45) is 5.41 Å². The van der Waals surface area contributed by atoms with Crippen molar-refractivity contribution in [1.82, 2.24) is 0 Å². The molecule has 0 N–H and O–H groups in total. The van der Waals surface area contributed by atoms with Crippen molar-refractivity contribution < 1.29 is 0 Å². The van der Waals surface area contributed by atoms with Crippen LogP contribution < -0.4 is 0 Å². The summed E-state index contributed by atoms with van der Waals surface area (Å²) in [5, 5.41) is 0. The topological polar surface area (TPSA) is 0 Å². The van der Waals surface area contributed by atoms with Crippen LogP contribution in [0.1, 0.15) is 72.9 Å². The Kier molecular flexibility index (Phi) is 6.54. The molecule has 0 spiro atoms. The maximum Gasteiger partial charge on any atom is 0.0202 e. The molecule has 33 heavy (non-hydrogen) atoms. The summed E-state index contributed by atoms with van der Waals surface area (Å²) in [4.78, 5) is 0. The molecule has 170 valence electrons. The van der Waals surface area contributed by atoms with E-state index in [1.807, 2.05) is 0 Å². The van der Waals surface area contributed by atoms with E-state index in [-0.39, 0.29) is 5.41 Å². The smallest absolute Gasteiger partial charge is 0.0202 e. The first-order valence-electron chi connectivity index (χ1n) is 13.1. The fourth-order valence-corrected chi connectivity index (χ4v) is 6.15. The molecule has 0 heteroatoms. The minimum atomic E-state index is 0.151. The van der Waals surface area contributed by atoms with Gasteiger partial charge in [-0.05, 0) is 123 Å². The molecule has 0 aromatic heterocycles. The molecule has 0 nitrogen and oxygen atoms in total. The van der Waals surface area contributed by atoms with E-state index in [1.54, 1.807) is 22.3 Å². The molecule has 0 radical (unpaired) electrons. The van der Waals surface area contributed by atoms with Gasteiger partial charge in [0.15, 0.2) is 0 Å². The molecule has 0 bridgehead atoms. The van der Waals surface area contributed by atoms with Gasteiger partial charge in [-0.25, -0.2) is 0 Å². The summed E-state index contributed by atoms with van der Waals surface area (Å²) < 4.78 is 0. The van der Waals surface area contributed by atoms with Crippen LogP contribution in [0.25, 0.3) is 0 Å². The summed E-state index contributed by atoms with van der Waals surface area (Å²) in [5.41, 5.74) is 12.5. The lowest BCUT2D eigenvalue weighted by Crippen LogP contribution is -2.23. The molecule has 0 saturated heterocycles. The molecule has 2 aromatic carbocycles.